The van der Waals surface area contributed by atoms with Crippen LogP contribution >= 0.6 is 11.6 Å². The molecule has 2 aliphatic rings. The van der Waals surface area contributed by atoms with Gasteiger partial charge in [0.15, 0.2) is 11.5 Å². The summed E-state index contributed by atoms with van der Waals surface area (Å²) in [4.78, 5) is 4.66. The number of likely N-dealkylation sites (tertiary alicyclic amines) is 1. The first kappa shape index (κ1) is 16.8. The van der Waals surface area contributed by atoms with Gasteiger partial charge in [-0.05, 0) is 44.5 Å². The highest BCUT2D eigenvalue weighted by molar-refractivity contribution is 6.31. The Kier molecular flexibility index (Phi) is 5.31. The monoisotopic (exact) mass is 340 g/mol. The van der Waals surface area contributed by atoms with Crippen LogP contribution in [0.2, 0.25) is 5.02 Å². The van der Waals surface area contributed by atoms with Crippen molar-refractivity contribution >= 4 is 11.6 Å². The summed E-state index contributed by atoms with van der Waals surface area (Å²) in [6, 6.07) is 4.32. The number of hydrogen-bond acceptors (Lipinski definition) is 5. The molecule has 0 radical (unpaired) electrons. The van der Waals surface area contributed by atoms with Gasteiger partial charge in [-0.1, -0.05) is 11.6 Å². The smallest absolute Gasteiger partial charge is 0.231 e. The lowest BCUT2D eigenvalue weighted by Gasteiger charge is -2.29. The number of ether oxygens (including phenoxy) is 2. The first-order valence-electron chi connectivity index (χ1n) is 8.14. The SMILES string of the molecule is CN(C)[C@@H]1CC[C@H](CO)CN(Cc2cc3c(cc2Cl)OCO3)C1. The van der Waals surface area contributed by atoms with Crippen LogP contribution < -0.4 is 9.47 Å². The van der Waals surface area contributed by atoms with E-state index in [4.69, 9.17) is 21.1 Å². The standard InChI is InChI=1S/C17H25ClN2O3/c1-19(2)14-4-3-12(10-21)7-20(9-14)8-13-5-16-17(6-15(13)18)23-11-22-16/h5-6,12,14,21H,3-4,7-11H2,1-2H3/t12-,14+/m0/s1. The van der Waals surface area contributed by atoms with Gasteiger partial charge in [0.25, 0.3) is 0 Å². The van der Waals surface area contributed by atoms with Gasteiger partial charge in [-0.3, -0.25) is 4.90 Å². The Morgan fingerprint density at radius 2 is 1.96 bits per heavy atom. The quantitative estimate of drug-likeness (QED) is 0.910. The van der Waals surface area contributed by atoms with E-state index in [0.717, 1.165) is 43.8 Å². The highest BCUT2D eigenvalue weighted by Crippen LogP contribution is 2.37. The van der Waals surface area contributed by atoms with Crippen LogP contribution in [0.4, 0.5) is 0 Å². The fourth-order valence-electron chi connectivity index (χ4n) is 3.37. The summed E-state index contributed by atoms with van der Waals surface area (Å²) in [6.07, 6.45) is 2.17. The van der Waals surface area contributed by atoms with Gasteiger partial charge in [-0.25, -0.2) is 0 Å². The van der Waals surface area contributed by atoms with Gasteiger partial charge in [-0.2, -0.15) is 0 Å². The summed E-state index contributed by atoms with van der Waals surface area (Å²) in [6.45, 7) is 3.13. The zero-order valence-corrected chi connectivity index (χ0v) is 14.6. The molecule has 5 nitrogen and oxygen atoms in total. The first-order chi connectivity index (χ1) is 11.1. The molecule has 2 heterocycles. The van der Waals surface area contributed by atoms with E-state index in [0.29, 0.717) is 22.7 Å². The van der Waals surface area contributed by atoms with E-state index >= 15 is 0 Å². The highest BCUT2D eigenvalue weighted by Gasteiger charge is 2.26. The summed E-state index contributed by atoms with van der Waals surface area (Å²) in [7, 11) is 4.24. The maximum Gasteiger partial charge on any atom is 0.231 e. The number of benzene rings is 1. The maximum atomic E-state index is 9.60. The van der Waals surface area contributed by atoms with Crippen LogP contribution in [0.5, 0.6) is 11.5 Å². The number of aliphatic hydroxyl groups excluding tert-OH is 1. The molecule has 0 aromatic heterocycles. The average Bonchev–Trinajstić information content (AvgIpc) is 2.85. The lowest BCUT2D eigenvalue weighted by Crippen LogP contribution is -2.39. The van der Waals surface area contributed by atoms with Gasteiger partial charge in [-0.15, -0.1) is 0 Å². The zero-order valence-electron chi connectivity index (χ0n) is 13.8. The summed E-state index contributed by atoms with van der Waals surface area (Å²) in [5.74, 6) is 1.81. The molecule has 0 amide bonds. The van der Waals surface area contributed by atoms with Crippen LogP contribution in [-0.4, -0.2) is 61.5 Å². The van der Waals surface area contributed by atoms with Gasteiger partial charge in [0, 0.05) is 43.4 Å². The van der Waals surface area contributed by atoms with E-state index in [1.165, 1.54) is 0 Å². The van der Waals surface area contributed by atoms with Crippen molar-refractivity contribution in [1.29, 1.82) is 0 Å². The number of rotatable bonds is 4. The Bertz CT molecular complexity index is 553. The Balaban J connectivity index is 1.76. The van der Waals surface area contributed by atoms with Crippen molar-refractivity contribution in [2.45, 2.75) is 25.4 Å². The Morgan fingerprint density at radius 1 is 1.22 bits per heavy atom. The number of fused-ring (bicyclic) bond motifs is 1. The molecule has 2 aliphatic heterocycles. The number of nitrogens with zero attached hydrogens (tertiary/aromatic N) is 2. The largest absolute Gasteiger partial charge is 0.454 e. The van der Waals surface area contributed by atoms with Crippen LogP contribution in [0.3, 0.4) is 0 Å². The van der Waals surface area contributed by atoms with Gasteiger partial charge in [0.2, 0.25) is 6.79 Å². The molecule has 6 heteroatoms. The summed E-state index contributed by atoms with van der Waals surface area (Å²) in [5, 5.41) is 10.3. The van der Waals surface area contributed by atoms with Crippen molar-refractivity contribution in [3.63, 3.8) is 0 Å². The third kappa shape index (κ3) is 3.91. The molecule has 2 atom stereocenters. The Morgan fingerprint density at radius 3 is 2.65 bits per heavy atom. The predicted molar refractivity (Wildman–Crippen MR) is 90.1 cm³/mol. The molecule has 1 aromatic carbocycles. The van der Waals surface area contributed by atoms with Crippen LogP contribution in [-0.2, 0) is 6.54 Å². The molecular formula is C17H25ClN2O3. The normalized spacial score (nSPS) is 24.9. The number of likely N-dealkylation sites (N-methyl/N-ethyl adjacent to an activating group) is 1. The molecule has 0 saturated carbocycles. The van der Waals surface area contributed by atoms with Gasteiger partial charge in [0.05, 0.1) is 0 Å². The van der Waals surface area contributed by atoms with Crippen molar-refractivity contribution in [1.82, 2.24) is 9.80 Å². The minimum atomic E-state index is 0.242. The second-order valence-electron chi connectivity index (χ2n) is 6.73. The zero-order chi connectivity index (χ0) is 16.4. The molecule has 128 valence electrons. The molecule has 0 unspecified atom stereocenters. The summed E-state index contributed by atoms with van der Waals surface area (Å²) in [5.41, 5.74) is 1.05. The second kappa shape index (κ2) is 7.26. The molecule has 0 bridgehead atoms. The van der Waals surface area contributed by atoms with Crippen LogP contribution in [0.25, 0.3) is 0 Å². The molecule has 0 spiro atoms. The number of hydrogen-bond donors (Lipinski definition) is 1. The number of aliphatic hydroxyl groups is 1. The van der Waals surface area contributed by atoms with Crippen LogP contribution in [0, 0.1) is 5.92 Å². The van der Waals surface area contributed by atoms with E-state index < -0.39 is 0 Å². The van der Waals surface area contributed by atoms with Crippen LogP contribution in [0.1, 0.15) is 18.4 Å². The van der Waals surface area contributed by atoms with Crippen LogP contribution in [0.15, 0.2) is 12.1 Å². The lowest BCUT2D eigenvalue weighted by molar-refractivity contribution is 0.157. The molecule has 1 aromatic rings. The molecule has 3 rings (SSSR count). The van der Waals surface area contributed by atoms with Gasteiger partial charge < -0.3 is 19.5 Å². The fourth-order valence-corrected chi connectivity index (χ4v) is 3.58. The highest BCUT2D eigenvalue weighted by atomic mass is 35.5. The minimum absolute atomic E-state index is 0.242. The first-order valence-corrected chi connectivity index (χ1v) is 8.52. The van der Waals surface area contributed by atoms with E-state index in [1.807, 2.05) is 12.1 Å². The van der Waals surface area contributed by atoms with Crippen molar-refractivity contribution < 1.29 is 14.6 Å². The van der Waals surface area contributed by atoms with E-state index in [1.54, 1.807) is 0 Å². The molecule has 1 saturated heterocycles. The predicted octanol–water partition coefficient (Wildman–Crippen LogP) is 2.20. The van der Waals surface area contributed by atoms with Crippen molar-refractivity contribution in [3.8, 4) is 11.5 Å². The molecule has 1 N–H and O–H groups in total. The average molecular weight is 341 g/mol. The fraction of sp³-hybridized carbons (Fsp3) is 0.647. The molecule has 1 fully saturated rings. The van der Waals surface area contributed by atoms with E-state index in [9.17, 15) is 5.11 Å². The van der Waals surface area contributed by atoms with Crippen molar-refractivity contribution in [3.05, 3.63) is 22.7 Å². The summed E-state index contributed by atoms with van der Waals surface area (Å²) < 4.78 is 10.8. The molecule has 0 aliphatic carbocycles. The van der Waals surface area contributed by atoms with Gasteiger partial charge >= 0.3 is 0 Å². The Labute approximate surface area is 142 Å². The Hall–Kier alpha value is -1.01. The van der Waals surface area contributed by atoms with E-state index in [-0.39, 0.29) is 13.4 Å². The second-order valence-corrected chi connectivity index (χ2v) is 7.14. The minimum Gasteiger partial charge on any atom is -0.454 e. The topological polar surface area (TPSA) is 45.2 Å². The summed E-state index contributed by atoms with van der Waals surface area (Å²) >= 11 is 6.42. The van der Waals surface area contributed by atoms with Gasteiger partial charge in [0.1, 0.15) is 0 Å². The maximum absolute atomic E-state index is 9.60. The molecule has 23 heavy (non-hydrogen) atoms. The van der Waals surface area contributed by atoms with Crippen molar-refractivity contribution in [2.75, 3.05) is 40.6 Å². The van der Waals surface area contributed by atoms with Crippen molar-refractivity contribution in [2.24, 2.45) is 5.92 Å². The number of halogens is 1. The lowest BCUT2D eigenvalue weighted by atomic mass is 10.0. The van der Waals surface area contributed by atoms with E-state index in [2.05, 4.69) is 23.9 Å². The third-order valence-corrected chi connectivity index (χ3v) is 5.17. The molecular weight excluding hydrogens is 316 g/mol. The third-order valence-electron chi connectivity index (χ3n) is 4.82.